The molecule has 0 aliphatic carbocycles. The van der Waals surface area contributed by atoms with Crippen LogP contribution in [0, 0.1) is 13.8 Å². The summed E-state index contributed by atoms with van der Waals surface area (Å²) in [4.78, 5) is 29.5. The minimum absolute atomic E-state index is 0.746. The Labute approximate surface area is 173 Å². The molecule has 0 aromatic carbocycles. The van der Waals surface area contributed by atoms with E-state index in [1.165, 1.54) is 4.88 Å². The van der Waals surface area contributed by atoms with E-state index in [-0.39, 0.29) is 0 Å². The van der Waals surface area contributed by atoms with Gasteiger partial charge in [-0.25, -0.2) is 19.9 Å². The predicted octanol–water partition coefficient (Wildman–Crippen LogP) is 3.49. The summed E-state index contributed by atoms with van der Waals surface area (Å²) in [6.07, 6.45) is 5.22. The van der Waals surface area contributed by atoms with Gasteiger partial charge in [0, 0.05) is 60.8 Å². The molecule has 1 fully saturated rings. The second-order valence-corrected chi connectivity index (χ2v) is 8.41. The zero-order valence-electron chi connectivity index (χ0n) is 16.4. The molecule has 0 spiro atoms. The highest BCUT2D eigenvalue weighted by Gasteiger charge is 2.22. The minimum Gasteiger partial charge on any atom is -0.353 e. The molecule has 8 heteroatoms. The summed E-state index contributed by atoms with van der Waals surface area (Å²) >= 11 is 1.72. The van der Waals surface area contributed by atoms with Crippen molar-refractivity contribution >= 4 is 33.2 Å². The van der Waals surface area contributed by atoms with Crippen LogP contribution in [0.25, 0.3) is 21.6 Å². The number of thiophene rings is 1. The predicted molar refractivity (Wildman–Crippen MR) is 117 cm³/mol. The molecule has 0 bridgehead atoms. The van der Waals surface area contributed by atoms with Crippen LogP contribution in [0.3, 0.4) is 0 Å². The van der Waals surface area contributed by atoms with Crippen molar-refractivity contribution in [2.24, 2.45) is 0 Å². The quantitative estimate of drug-likeness (QED) is 0.518. The van der Waals surface area contributed by atoms with E-state index in [2.05, 4.69) is 48.8 Å². The van der Waals surface area contributed by atoms with Gasteiger partial charge in [-0.05, 0) is 32.0 Å². The van der Waals surface area contributed by atoms with Gasteiger partial charge in [-0.3, -0.25) is 4.98 Å². The van der Waals surface area contributed by atoms with Gasteiger partial charge in [0.05, 0.1) is 5.39 Å². The smallest absolute Gasteiger partial charge is 0.161 e. The fourth-order valence-electron chi connectivity index (χ4n) is 3.71. The van der Waals surface area contributed by atoms with E-state index >= 15 is 0 Å². The highest BCUT2D eigenvalue weighted by molar-refractivity contribution is 7.18. The standard InChI is InChI=1S/C21H21N7S/c1-14-11-18(26-19(25-14)16-3-5-22-6-4-16)27-7-9-28(10-8-27)20-17-12-15(2)29-21(17)24-13-23-20/h3-6,11-13H,7-10H2,1-2H3. The molecule has 4 aromatic heterocycles. The number of hydrogen-bond acceptors (Lipinski definition) is 8. The monoisotopic (exact) mass is 403 g/mol. The van der Waals surface area contributed by atoms with Crippen LogP contribution in [0.2, 0.25) is 0 Å². The Morgan fingerprint density at radius 2 is 1.66 bits per heavy atom. The molecule has 146 valence electrons. The first-order valence-electron chi connectivity index (χ1n) is 9.64. The molecule has 0 N–H and O–H groups in total. The molecule has 1 aliphatic heterocycles. The number of fused-ring (bicyclic) bond motifs is 1. The van der Waals surface area contributed by atoms with Gasteiger partial charge < -0.3 is 9.80 Å². The van der Waals surface area contributed by atoms with Crippen LogP contribution in [-0.2, 0) is 0 Å². The molecule has 5 rings (SSSR count). The lowest BCUT2D eigenvalue weighted by Crippen LogP contribution is -2.47. The zero-order valence-corrected chi connectivity index (χ0v) is 17.2. The average molecular weight is 404 g/mol. The van der Waals surface area contributed by atoms with Gasteiger partial charge in [0.2, 0.25) is 0 Å². The maximum atomic E-state index is 4.82. The average Bonchev–Trinajstić information content (AvgIpc) is 3.14. The number of rotatable bonds is 3. The largest absolute Gasteiger partial charge is 0.353 e. The van der Waals surface area contributed by atoms with Gasteiger partial charge in [0.15, 0.2) is 5.82 Å². The summed E-state index contributed by atoms with van der Waals surface area (Å²) in [6.45, 7) is 7.71. The first-order chi connectivity index (χ1) is 14.2. The molecule has 7 nitrogen and oxygen atoms in total. The van der Waals surface area contributed by atoms with Crippen molar-refractivity contribution < 1.29 is 0 Å². The topological polar surface area (TPSA) is 70.9 Å². The second kappa shape index (κ2) is 7.36. The van der Waals surface area contributed by atoms with Gasteiger partial charge in [-0.1, -0.05) is 0 Å². The van der Waals surface area contributed by atoms with Crippen LogP contribution in [0.1, 0.15) is 10.6 Å². The fourth-order valence-corrected chi connectivity index (χ4v) is 4.55. The summed E-state index contributed by atoms with van der Waals surface area (Å²) < 4.78 is 0. The molecule has 29 heavy (non-hydrogen) atoms. The highest BCUT2D eigenvalue weighted by Crippen LogP contribution is 2.30. The lowest BCUT2D eigenvalue weighted by molar-refractivity contribution is 0.642. The van der Waals surface area contributed by atoms with Crippen molar-refractivity contribution in [1.29, 1.82) is 0 Å². The van der Waals surface area contributed by atoms with Gasteiger partial charge in [-0.2, -0.15) is 0 Å². The first kappa shape index (κ1) is 17.9. The van der Waals surface area contributed by atoms with Crippen LogP contribution in [0.15, 0.2) is 43.0 Å². The molecule has 4 aromatic rings. The van der Waals surface area contributed by atoms with E-state index < -0.39 is 0 Å². The molecule has 0 amide bonds. The highest BCUT2D eigenvalue weighted by atomic mass is 32.1. The Kier molecular flexibility index (Phi) is 4.55. The third kappa shape index (κ3) is 3.51. The van der Waals surface area contributed by atoms with Crippen molar-refractivity contribution in [2.45, 2.75) is 13.8 Å². The molecule has 1 aliphatic rings. The normalized spacial score (nSPS) is 14.6. The van der Waals surface area contributed by atoms with Gasteiger partial charge in [-0.15, -0.1) is 11.3 Å². The maximum absolute atomic E-state index is 4.82. The Balaban J connectivity index is 1.37. The number of pyridine rings is 1. The summed E-state index contributed by atoms with van der Waals surface area (Å²) in [5.74, 6) is 2.76. The minimum atomic E-state index is 0.746. The first-order valence-corrected chi connectivity index (χ1v) is 10.5. The fraction of sp³-hybridized carbons (Fsp3) is 0.286. The SMILES string of the molecule is Cc1cc(N2CCN(c3ncnc4sc(C)cc34)CC2)nc(-c2ccncc2)n1. The number of nitrogens with zero attached hydrogens (tertiary/aromatic N) is 7. The van der Waals surface area contributed by atoms with Gasteiger partial charge in [0.25, 0.3) is 0 Å². The Morgan fingerprint density at radius 1 is 0.897 bits per heavy atom. The molecule has 0 radical (unpaired) electrons. The molecule has 0 atom stereocenters. The number of hydrogen-bond donors (Lipinski definition) is 0. The van der Waals surface area contributed by atoms with E-state index in [0.29, 0.717) is 0 Å². The molecular weight excluding hydrogens is 382 g/mol. The number of anilines is 2. The molecule has 5 heterocycles. The van der Waals surface area contributed by atoms with Gasteiger partial charge in [0.1, 0.15) is 22.8 Å². The number of aromatic nitrogens is 5. The van der Waals surface area contributed by atoms with E-state index in [1.54, 1.807) is 30.1 Å². The summed E-state index contributed by atoms with van der Waals surface area (Å²) in [7, 11) is 0. The summed E-state index contributed by atoms with van der Waals surface area (Å²) in [6, 6.07) is 8.14. The van der Waals surface area contributed by atoms with Crippen LogP contribution in [-0.4, -0.2) is 51.1 Å². The van der Waals surface area contributed by atoms with Gasteiger partial charge >= 0.3 is 0 Å². The molecule has 1 saturated heterocycles. The molecular formula is C21H21N7S. The number of piperazine rings is 1. The van der Waals surface area contributed by atoms with Crippen molar-refractivity contribution in [3.8, 4) is 11.4 Å². The third-order valence-corrected chi connectivity index (χ3v) is 6.07. The maximum Gasteiger partial charge on any atom is 0.161 e. The lowest BCUT2D eigenvalue weighted by Gasteiger charge is -2.36. The van der Waals surface area contributed by atoms with Crippen molar-refractivity contribution in [2.75, 3.05) is 36.0 Å². The van der Waals surface area contributed by atoms with Crippen molar-refractivity contribution in [3.05, 3.63) is 53.6 Å². The zero-order chi connectivity index (χ0) is 19.8. The summed E-state index contributed by atoms with van der Waals surface area (Å²) in [5.41, 5.74) is 1.95. The van der Waals surface area contributed by atoms with E-state index in [1.807, 2.05) is 19.1 Å². The third-order valence-electron chi connectivity index (χ3n) is 5.11. The van der Waals surface area contributed by atoms with Crippen LogP contribution >= 0.6 is 11.3 Å². The van der Waals surface area contributed by atoms with Crippen LogP contribution < -0.4 is 9.80 Å². The van der Waals surface area contributed by atoms with Crippen molar-refractivity contribution in [3.63, 3.8) is 0 Å². The molecule has 0 saturated carbocycles. The Morgan fingerprint density at radius 3 is 2.45 bits per heavy atom. The number of aryl methyl sites for hydroxylation is 2. The second-order valence-electron chi connectivity index (χ2n) is 7.17. The Hall–Kier alpha value is -3.13. The van der Waals surface area contributed by atoms with E-state index in [4.69, 9.17) is 4.98 Å². The van der Waals surface area contributed by atoms with E-state index in [0.717, 1.165) is 65.1 Å². The van der Waals surface area contributed by atoms with Crippen LogP contribution in [0.4, 0.5) is 11.6 Å². The van der Waals surface area contributed by atoms with Crippen LogP contribution in [0.5, 0.6) is 0 Å². The molecule has 0 unspecified atom stereocenters. The van der Waals surface area contributed by atoms with E-state index in [9.17, 15) is 0 Å². The van der Waals surface area contributed by atoms with Crippen molar-refractivity contribution in [1.82, 2.24) is 24.9 Å². The lowest BCUT2D eigenvalue weighted by atomic mass is 10.2. The Bertz CT molecular complexity index is 1150. The summed E-state index contributed by atoms with van der Waals surface area (Å²) in [5, 5.41) is 1.15.